The fourth-order valence-electron chi connectivity index (χ4n) is 4.55. The molecular weight excluding hydrogens is 369 g/mol. The van der Waals surface area contributed by atoms with Crippen LogP contribution < -0.4 is 14.8 Å². The van der Waals surface area contributed by atoms with Gasteiger partial charge in [-0.3, -0.25) is 9.69 Å². The third-order valence-corrected chi connectivity index (χ3v) is 6.03. The number of hydrogen-bond donors (Lipinski definition) is 1. The van der Waals surface area contributed by atoms with Crippen molar-refractivity contribution in [3.63, 3.8) is 0 Å². The second kappa shape index (κ2) is 8.27. The summed E-state index contributed by atoms with van der Waals surface area (Å²) in [6.07, 6.45) is -2.15. The predicted molar refractivity (Wildman–Crippen MR) is 99.9 cm³/mol. The number of quaternary nitrogens is 1. The quantitative estimate of drug-likeness (QED) is 0.826. The van der Waals surface area contributed by atoms with Crippen molar-refractivity contribution >= 4 is 11.7 Å². The number of piperazine rings is 1. The van der Waals surface area contributed by atoms with Crippen LogP contribution in [0.4, 0.5) is 19.0 Å². The first-order valence-corrected chi connectivity index (χ1v) is 10.1. The normalized spacial score (nSPS) is 25.6. The largest absolute Gasteiger partial charge is 0.419 e. The third kappa shape index (κ3) is 4.77. The van der Waals surface area contributed by atoms with Gasteiger partial charge in [0.25, 0.3) is 11.7 Å². The summed E-state index contributed by atoms with van der Waals surface area (Å²) in [4.78, 5) is 21.0. The molecule has 8 heteroatoms. The van der Waals surface area contributed by atoms with Gasteiger partial charge >= 0.3 is 6.18 Å². The Bertz CT molecular complexity index is 661. The van der Waals surface area contributed by atoms with Gasteiger partial charge in [0.05, 0.1) is 5.56 Å². The van der Waals surface area contributed by atoms with Crippen LogP contribution >= 0.6 is 0 Å². The van der Waals surface area contributed by atoms with Crippen molar-refractivity contribution in [1.29, 1.82) is 0 Å². The lowest BCUT2D eigenvalue weighted by molar-refractivity contribution is -0.915. The van der Waals surface area contributed by atoms with Crippen LogP contribution in [0.15, 0.2) is 18.3 Å². The molecule has 1 amide bonds. The van der Waals surface area contributed by atoms with E-state index >= 15 is 0 Å². The number of pyridine rings is 1. The summed E-state index contributed by atoms with van der Waals surface area (Å²) in [5, 5.41) is 0. The zero-order valence-corrected chi connectivity index (χ0v) is 16.9. The minimum Gasteiger partial charge on any atom is -0.337 e. The number of H-pyrrole nitrogens is 1. The molecule has 2 fully saturated rings. The molecule has 3 heterocycles. The topological polar surface area (TPSA) is 42.1 Å². The van der Waals surface area contributed by atoms with Crippen LogP contribution in [-0.4, -0.2) is 56.1 Å². The molecule has 1 aromatic heterocycles. The van der Waals surface area contributed by atoms with E-state index in [4.69, 9.17) is 0 Å². The van der Waals surface area contributed by atoms with Crippen LogP contribution in [0.25, 0.3) is 0 Å². The van der Waals surface area contributed by atoms with Crippen LogP contribution in [0.5, 0.6) is 0 Å². The Hall–Kier alpha value is -1.83. The molecule has 0 radical (unpaired) electrons. The zero-order valence-electron chi connectivity index (χ0n) is 16.9. The van der Waals surface area contributed by atoms with E-state index < -0.39 is 11.7 Å². The second-order valence-corrected chi connectivity index (χ2v) is 8.52. The SMILES string of the molecule is C[C@@H]1C[C@@H](C)CN(C(=O)[C@@H](C)[NH+]2CCN(c3ccc(C(F)(F)F)c[nH+]3)CC2)C1. The van der Waals surface area contributed by atoms with Crippen molar-refractivity contribution in [3.8, 4) is 0 Å². The number of carbonyl (C=O) groups excluding carboxylic acids is 1. The highest BCUT2D eigenvalue weighted by Gasteiger charge is 2.37. The molecule has 3 atom stereocenters. The van der Waals surface area contributed by atoms with Gasteiger partial charge in [-0.15, -0.1) is 0 Å². The Morgan fingerprint density at radius 3 is 2.29 bits per heavy atom. The van der Waals surface area contributed by atoms with Gasteiger partial charge < -0.3 is 9.80 Å². The number of nitrogens with zero attached hydrogens (tertiary/aromatic N) is 2. The number of amides is 1. The summed E-state index contributed by atoms with van der Waals surface area (Å²) in [6.45, 7) is 11.1. The lowest BCUT2D eigenvalue weighted by atomic mass is 9.91. The standard InChI is InChI=1S/C20H29F3N4O/c1-14-10-15(2)13-27(12-14)19(28)16(3)25-6-8-26(9-7-25)18-5-4-17(11-24-18)20(21,22)23/h4-5,11,14-16H,6-10,12-13H2,1-3H3/p+2/t14-,15-,16-/m1/s1. The fraction of sp³-hybridized carbons (Fsp3) is 0.700. The van der Waals surface area contributed by atoms with Crippen LogP contribution in [-0.2, 0) is 11.0 Å². The maximum atomic E-state index is 13.0. The Morgan fingerprint density at radius 1 is 1.18 bits per heavy atom. The van der Waals surface area contributed by atoms with Crippen molar-refractivity contribution in [1.82, 2.24) is 4.90 Å². The first-order chi connectivity index (χ1) is 13.1. The molecule has 0 spiro atoms. The van der Waals surface area contributed by atoms with Crippen LogP contribution in [0.2, 0.25) is 0 Å². The van der Waals surface area contributed by atoms with E-state index in [-0.39, 0.29) is 11.9 Å². The van der Waals surface area contributed by atoms with E-state index in [1.54, 1.807) is 0 Å². The van der Waals surface area contributed by atoms with Crippen molar-refractivity contribution in [2.75, 3.05) is 44.2 Å². The molecule has 156 valence electrons. The summed E-state index contributed by atoms with van der Waals surface area (Å²) in [7, 11) is 0. The summed E-state index contributed by atoms with van der Waals surface area (Å²) in [5.41, 5.74) is -0.676. The van der Waals surface area contributed by atoms with Gasteiger partial charge in [-0.05, 0) is 31.2 Å². The third-order valence-electron chi connectivity index (χ3n) is 6.03. The summed E-state index contributed by atoms with van der Waals surface area (Å²) >= 11 is 0. The van der Waals surface area contributed by atoms with Gasteiger partial charge in [0.2, 0.25) is 0 Å². The molecule has 2 aliphatic rings. The Kier molecular flexibility index (Phi) is 6.17. The monoisotopic (exact) mass is 400 g/mol. The van der Waals surface area contributed by atoms with E-state index in [1.807, 2.05) is 16.7 Å². The van der Waals surface area contributed by atoms with Crippen LogP contribution in [0.1, 0.15) is 32.8 Å². The highest BCUT2D eigenvalue weighted by atomic mass is 19.4. The Labute approximate surface area is 164 Å². The van der Waals surface area contributed by atoms with Crippen molar-refractivity contribution in [2.45, 2.75) is 39.4 Å². The second-order valence-electron chi connectivity index (χ2n) is 8.52. The summed E-state index contributed by atoms with van der Waals surface area (Å²) in [5.74, 6) is 2.00. The zero-order chi connectivity index (χ0) is 20.5. The van der Waals surface area contributed by atoms with Gasteiger partial charge in [-0.25, -0.2) is 4.98 Å². The number of hydrogen-bond acceptors (Lipinski definition) is 2. The lowest BCUT2D eigenvalue weighted by Crippen LogP contribution is -3.19. The molecule has 0 bridgehead atoms. The number of alkyl halides is 3. The van der Waals surface area contributed by atoms with Gasteiger partial charge in [0, 0.05) is 19.2 Å². The number of halogens is 3. The first kappa shape index (κ1) is 20.9. The highest BCUT2D eigenvalue weighted by Crippen LogP contribution is 2.28. The molecule has 3 rings (SSSR count). The molecule has 0 aromatic carbocycles. The summed E-state index contributed by atoms with van der Waals surface area (Å²) in [6, 6.07) is 2.51. The van der Waals surface area contributed by atoms with Crippen molar-refractivity contribution in [3.05, 3.63) is 23.9 Å². The maximum absolute atomic E-state index is 13.0. The Balaban J connectivity index is 1.55. The smallest absolute Gasteiger partial charge is 0.337 e. The van der Waals surface area contributed by atoms with Crippen LogP contribution in [0.3, 0.4) is 0 Å². The highest BCUT2D eigenvalue weighted by molar-refractivity contribution is 5.80. The fourth-order valence-corrected chi connectivity index (χ4v) is 4.55. The van der Waals surface area contributed by atoms with Gasteiger partial charge in [0.15, 0.2) is 6.04 Å². The molecule has 28 heavy (non-hydrogen) atoms. The van der Waals surface area contributed by atoms with Crippen LogP contribution in [0, 0.1) is 11.8 Å². The van der Waals surface area contributed by atoms with Gasteiger partial charge in [0.1, 0.15) is 32.4 Å². The number of carbonyl (C=O) groups is 1. The Morgan fingerprint density at radius 2 is 1.79 bits per heavy atom. The number of aromatic nitrogens is 1. The first-order valence-electron chi connectivity index (χ1n) is 10.1. The molecule has 5 nitrogen and oxygen atoms in total. The average molecular weight is 400 g/mol. The van der Waals surface area contributed by atoms with E-state index in [0.717, 1.165) is 38.4 Å². The molecule has 2 N–H and O–H groups in total. The predicted octanol–water partition coefficient (Wildman–Crippen LogP) is 1.12. The minimum absolute atomic E-state index is 0.0868. The van der Waals surface area contributed by atoms with E-state index in [9.17, 15) is 18.0 Å². The molecule has 2 saturated heterocycles. The molecule has 1 aromatic rings. The minimum atomic E-state index is -4.34. The van der Waals surface area contributed by atoms with E-state index in [1.165, 1.54) is 17.4 Å². The van der Waals surface area contributed by atoms with Gasteiger partial charge in [-0.2, -0.15) is 13.2 Å². The number of anilines is 1. The van der Waals surface area contributed by atoms with E-state index in [0.29, 0.717) is 30.7 Å². The molecule has 2 aliphatic heterocycles. The number of rotatable bonds is 3. The number of likely N-dealkylation sites (tertiary alicyclic amines) is 1. The number of piperidine rings is 1. The molecule has 0 aliphatic carbocycles. The number of nitrogens with one attached hydrogen (secondary N) is 2. The molecule has 0 unspecified atom stereocenters. The number of aromatic amines is 1. The maximum Gasteiger partial charge on any atom is 0.419 e. The average Bonchev–Trinajstić information content (AvgIpc) is 2.65. The summed E-state index contributed by atoms with van der Waals surface area (Å²) < 4.78 is 38.1. The van der Waals surface area contributed by atoms with E-state index in [2.05, 4.69) is 18.8 Å². The molecule has 0 saturated carbocycles. The van der Waals surface area contributed by atoms with Crippen molar-refractivity contribution in [2.24, 2.45) is 11.8 Å². The van der Waals surface area contributed by atoms with Crippen molar-refractivity contribution < 1.29 is 27.8 Å². The lowest BCUT2D eigenvalue weighted by Gasteiger charge is -2.38. The molecular formula is C20H31F3N4O+2. The van der Waals surface area contributed by atoms with Gasteiger partial charge in [-0.1, -0.05) is 13.8 Å².